The molecular weight excluding hydrogens is 695 g/mol. The first-order chi connectivity index (χ1) is 25.1. The fraction of sp³-hybridized carbons (Fsp3) is 0.564. The highest BCUT2D eigenvalue weighted by Gasteiger charge is 2.47. The average molecular weight is 746 g/mol. The van der Waals surface area contributed by atoms with Crippen LogP contribution in [0.25, 0.3) is 21.6 Å². The van der Waals surface area contributed by atoms with Crippen molar-refractivity contribution in [1.29, 1.82) is 0 Å². The van der Waals surface area contributed by atoms with Gasteiger partial charge in [-0.15, -0.1) is 11.3 Å². The smallest absolute Gasteiger partial charge is 0.315 e. The van der Waals surface area contributed by atoms with E-state index in [1.807, 2.05) is 77.3 Å². The number of carbonyl (C=O) groups is 5. The summed E-state index contributed by atoms with van der Waals surface area (Å²) in [4.78, 5) is 79.2. The molecule has 2 aliphatic carbocycles. The molecule has 4 N–H and O–H groups in total. The molecule has 4 heterocycles. The fourth-order valence-electron chi connectivity index (χ4n) is 6.74. The van der Waals surface area contributed by atoms with Crippen molar-refractivity contribution in [2.75, 3.05) is 6.54 Å². The number of urea groups is 1. The van der Waals surface area contributed by atoms with E-state index < -0.39 is 64.7 Å². The van der Waals surface area contributed by atoms with Gasteiger partial charge in [0.05, 0.1) is 34.2 Å². The average Bonchev–Trinajstić information content (AvgIpc) is 3.57. The maximum absolute atomic E-state index is 14.6. The summed E-state index contributed by atoms with van der Waals surface area (Å²) in [6.07, 6.45) is 6.09. The Hall–Kier alpha value is -4.59. The van der Waals surface area contributed by atoms with Crippen molar-refractivity contribution in [3.8, 4) is 17.1 Å². The molecule has 3 fully saturated rings. The summed E-state index contributed by atoms with van der Waals surface area (Å²) in [5.41, 5.74) is 0.741. The Kier molecular flexibility index (Phi) is 11.1. The van der Waals surface area contributed by atoms with Crippen LogP contribution in [-0.2, 0) is 19.2 Å². The fourth-order valence-corrected chi connectivity index (χ4v) is 7.53. The molecule has 6 rings (SSSR count). The predicted molar refractivity (Wildman–Crippen MR) is 202 cm³/mol. The number of nitrogens with zero attached hydrogens (tertiary/aromatic N) is 3. The molecule has 1 saturated heterocycles. The number of aromatic nitrogens is 2. The molecule has 284 valence electrons. The van der Waals surface area contributed by atoms with Crippen LogP contribution in [-0.4, -0.2) is 86.8 Å². The number of nitrogens with one attached hydrogen (secondary N) is 4. The highest BCUT2D eigenvalue weighted by atomic mass is 32.1. The van der Waals surface area contributed by atoms with Gasteiger partial charge in [0.2, 0.25) is 17.6 Å². The minimum atomic E-state index is -1.04. The molecule has 14 heteroatoms. The number of pyridine rings is 2. The zero-order valence-corrected chi connectivity index (χ0v) is 32.2. The van der Waals surface area contributed by atoms with Crippen LogP contribution in [0.2, 0.25) is 0 Å². The molecule has 3 aromatic rings. The molecule has 0 aromatic carbocycles. The third-order valence-corrected chi connectivity index (χ3v) is 10.8. The number of Topliss-reactive ketones (excluding diaryl/α,β-unsaturated/α-hetero) is 1. The van der Waals surface area contributed by atoms with E-state index in [1.165, 1.54) is 16.2 Å². The highest BCUT2D eigenvalue weighted by molar-refractivity contribution is 7.17. The Morgan fingerprint density at radius 3 is 2.36 bits per heavy atom. The summed E-state index contributed by atoms with van der Waals surface area (Å²) >= 11 is 1.47. The largest absolute Gasteiger partial charge is 0.487 e. The third-order valence-electron chi connectivity index (χ3n) is 9.89. The maximum Gasteiger partial charge on any atom is 0.315 e. The summed E-state index contributed by atoms with van der Waals surface area (Å²) < 4.78 is 7.47. The lowest BCUT2D eigenvalue weighted by Gasteiger charge is -2.36. The molecule has 0 spiro atoms. The topological polar surface area (TPSA) is 172 Å². The first-order valence-corrected chi connectivity index (χ1v) is 19.4. The monoisotopic (exact) mass is 745 g/mol. The van der Waals surface area contributed by atoms with E-state index in [1.54, 1.807) is 6.20 Å². The first kappa shape index (κ1) is 38.1. The SMILES string of the molecule is CC(C)(C)NC(=O)N[C@H](C(=O)N1C[C@H](Oc2cc(-c3ccccn3)nc3ccsc23)C[C@H]1C(=O)N[C@@H](CC1CCC1)C(=O)C(=O)NC1CC1)C(C)(C)C. The second kappa shape index (κ2) is 15.4. The van der Waals surface area contributed by atoms with Gasteiger partial charge in [0, 0.05) is 30.3 Å². The van der Waals surface area contributed by atoms with Gasteiger partial charge in [0.1, 0.15) is 23.9 Å². The van der Waals surface area contributed by atoms with E-state index in [0.717, 1.165) is 42.3 Å². The van der Waals surface area contributed by atoms with Crippen molar-refractivity contribution >= 4 is 51.1 Å². The van der Waals surface area contributed by atoms with Crippen molar-refractivity contribution in [2.45, 2.75) is 122 Å². The van der Waals surface area contributed by atoms with Crippen molar-refractivity contribution in [1.82, 2.24) is 36.1 Å². The molecule has 0 unspecified atom stereocenters. The summed E-state index contributed by atoms with van der Waals surface area (Å²) in [6.45, 7) is 11.1. The number of likely N-dealkylation sites (tertiary alicyclic amines) is 1. The van der Waals surface area contributed by atoms with Gasteiger partial charge in [-0.05, 0) is 74.9 Å². The van der Waals surface area contributed by atoms with E-state index in [9.17, 15) is 24.0 Å². The van der Waals surface area contributed by atoms with Crippen LogP contribution in [0.1, 0.15) is 86.5 Å². The van der Waals surface area contributed by atoms with Gasteiger partial charge in [-0.25, -0.2) is 9.78 Å². The van der Waals surface area contributed by atoms with Crippen LogP contribution in [0.4, 0.5) is 4.79 Å². The Balaban J connectivity index is 1.29. The Labute approximate surface area is 314 Å². The number of hydrogen-bond acceptors (Lipinski definition) is 9. The third kappa shape index (κ3) is 9.51. The van der Waals surface area contributed by atoms with E-state index in [0.29, 0.717) is 23.6 Å². The van der Waals surface area contributed by atoms with Crippen LogP contribution in [0.5, 0.6) is 5.75 Å². The maximum atomic E-state index is 14.6. The zero-order chi connectivity index (χ0) is 38.1. The number of hydrogen-bond donors (Lipinski definition) is 4. The van der Waals surface area contributed by atoms with Gasteiger partial charge in [0.25, 0.3) is 5.91 Å². The van der Waals surface area contributed by atoms with Crippen molar-refractivity contribution in [3.05, 3.63) is 41.9 Å². The number of fused-ring (bicyclic) bond motifs is 1. The molecule has 5 amide bonds. The van der Waals surface area contributed by atoms with E-state index >= 15 is 0 Å². The Morgan fingerprint density at radius 2 is 1.74 bits per heavy atom. The lowest BCUT2D eigenvalue weighted by atomic mass is 9.80. The van der Waals surface area contributed by atoms with Gasteiger partial charge in [-0.2, -0.15) is 0 Å². The summed E-state index contributed by atoms with van der Waals surface area (Å²) in [7, 11) is 0. The molecule has 3 aliphatic rings. The van der Waals surface area contributed by atoms with Crippen LogP contribution < -0.4 is 26.0 Å². The normalized spacial score (nSPS) is 20.2. The molecule has 3 aromatic heterocycles. The van der Waals surface area contributed by atoms with E-state index in [2.05, 4.69) is 26.3 Å². The second-order valence-corrected chi connectivity index (χ2v) is 17.6. The van der Waals surface area contributed by atoms with Gasteiger partial charge in [0.15, 0.2) is 0 Å². The molecule has 53 heavy (non-hydrogen) atoms. The molecule has 13 nitrogen and oxygen atoms in total. The summed E-state index contributed by atoms with van der Waals surface area (Å²) in [6, 6.07) is 5.72. The van der Waals surface area contributed by atoms with Gasteiger partial charge >= 0.3 is 6.03 Å². The van der Waals surface area contributed by atoms with Crippen LogP contribution >= 0.6 is 11.3 Å². The lowest BCUT2D eigenvalue weighted by Crippen LogP contribution is -2.61. The molecule has 2 saturated carbocycles. The number of thiophene rings is 1. The minimum Gasteiger partial charge on any atom is -0.487 e. The molecule has 0 bridgehead atoms. The van der Waals surface area contributed by atoms with Crippen molar-refractivity contribution < 1.29 is 28.7 Å². The van der Waals surface area contributed by atoms with Crippen LogP contribution in [0.3, 0.4) is 0 Å². The van der Waals surface area contributed by atoms with Crippen molar-refractivity contribution in [3.63, 3.8) is 0 Å². The number of ether oxygens (including phenoxy) is 1. The summed E-state index contributed by atoms with van der Waals surface area (Å²) in [5, 5.41) is 13.3. The van der Waals surface area contributed by atoms with Gasteiger partial charge < -0.3 is 30.9 Å². The standard InChI is InChI=1S/C39H51N7O6S/c1-38(2,3)33(44-37(51)45-39(4,5)6)36(50)46-21-24(52-30-20-27(25-12-7-8-16-40-25)42-26-15-17-53-32(26)30)19-29(46)34(48)43-28(18-22-10-9-11-22)31(47)35(49)41-23-13-14-23/h7-8,12,15-17,20,22-24,28-29,33H,9-11,13-14,18-19,21H2,1-6H3,(H,41,49)(H,43,48)(H2,44,45,51)/t24-,28+,29+,33-/m1/s1. The Bertz CT molecular complexity index is 1840. The lowest BCUT2D eigenvalue weighted by molar-refractivity contribution is -0.144. The van der Waals surface area contributed by atoms with E-state index in [4.69, 9.17) is 9.72 Å². The zero-order valence-electron chi connectivity index (χ0n) is 31.4. The molecule has 1 aliphatic heterocycles. The second-order valence-electron chi connectivity index (χ2n) is 16.7. The van der Waals surface area contributed by atoms with Gasteiger partial charge in [-0.1, -0.05) is 46.1 Å². The molecule has 4 atom stereocenters. The predicted octanol–water partition coefficient (Wildman–Crippen LogP) is 4.74. The van der Waals surface area contributed by atoms with Crippen molar-refractivity contribution in [2.24, 2.45) is 11.3 Å². The van der Waals surface area contributed by atoms with E-state index in [-0.39, 0.29) is 24.9 Å². The number of carbonyl (C=O) groups excluding carboxylic acids is 5. The minimum absolute atomic E-state index is 0.00847. The highest BCUT2D eigenvalue weighted by Crippen LogP contribution is 2.36. The Morgan fingerprint density at radius 1 is 0.981 bits per heavy atom. The summed E-state index contributed by atoms with van der Waals surface area (Å²) in [5.74, 6) is -1.59. The number of ketones is 1. The number of rotatable bonds is 12. The van der Waals surface area contributed by atoms with Crippen LogP contribution in [0.15, 0.2) is 41.9 Å². The van der Waals surface area contributed by atoms with Crippen LogP contribution in [0, 0.1) is 11.3 Å². The van der Waals surface area contributed by atoms with Gasteiger partial charge in [-0.3, -0.25) is 24.2 Å². The molecule has 0 radical (unpaired) electrons. The number of amides is 5. The quantitative estimate of drug-likeness (QED) is 0.193. The first-order valence-electron chi connectivity index (χ1n) is 18.6. The molecular formula is C39H51N7O6S.